The predicted octanol–water partition coefficient (Wildman–Crippen LogP) is 1.08. The molecule has 0 radical (unpaired) electrons. The molecule has 102 valence electrons. The molecule has 0 aliphatic carbocycles. The minimum atomic E-state index is 0. The van der Waals surface area contributed by atoms with Crippen molar-refractivity contribution in [2.75, 3.05) is 19.7 Å². The van der Waals surface area contributed by atoms with Crippen molar-refractivity contribution in [3.05, 3.63) is 30.4 Å². The Hall–Kier alpha value is -1.50. The molecule has 0 spiro atoms. The molecule has 7 heteroatoms. The van der Waals surface area contributed by atoms with Gasteiger partial charge in [-0.05, 0) is 12.1 Å². The van der Waals surface area contributed by atoms with Gasteiger partial charge >= 0.3 is 0 Å². The highest BCUT2D eigenvalue weighted by Crippen LogP contribution is 2.15. The van der Waals surface area contributed by atoms with Crippen molar-refractivity contribution in [1.82, 2.24) is 20.4 Å². The number of rotatable bonds is 3. The summed E-state index contributed by atoms with van der Waals surface area (Å²) in [6.45, 7) is 2.46. The summed E-state index contributed by atoms with van der Waals surface area (Å²) in [5.41, 5.74) is 0.857. The van der Waals surface area contributed by atoms with E-state index in [-0.39, 0.29) is 18.5 Å². The largest absolute Gasteiger partial charge is 0.375 e. The Morgan fingerprint density at radius 3 is 3.11 bits per heavy atom. The van der Waals surface area contributed by atoms with Crippen molar-refractivity contribution in [2.45, 2.75) is 12.5 Å². The fraction of sp³-hybridized carbons (Fsp3) is 0.417. The van der Waals surface area contributed by atoms with Crippen LogP contribution in [0.25, 0.3) is 11.4 Å². The highest BCUT2D eigenvalue weighted by atomic mass is 35.5. The highest BCUT2D eigenvalue weighted by molar-refractivity contribution is 5.85. The molecule has 0 saturated carbocycles. The molecule has 3 rings (SSSR count). The van der Waals surface area contributed by atoms with Crippen molar-refractivity contribution in [1.29, 1.82) is 0 Å². The minimum absolute atomic E-state index is 0. The molecule has 1 fully saturated rings. The molecule has 1 aliphatic rings. The summed E-state index contributed by atoms with van der Waals surface area (Å²) in [6.07, 6.45) is 4.18. The molecule has 6 nitrogen and oxygen atoms in total. The van der Waals surface area contributed by atoms with E-state index in [4.69, 9.17) is 9.26 Å². The molecule has 0 amide bonds. The zero-order chi connectivity index (χ0) is 12.2. The van der Waals surface area contributed by atoms with E-state index in [2.05, 4.69) is 20.4 Å². The summed E-state index contributed by atoms with van der Waals surface area (Å²) in [5, 5.41) is 7.22. The third kappa shape index (κ3) is 3.50. The zero-order valence-corrected chi connectivity index (χ0v) is 11.1. The van der Waals surface area contributed by atoms with Crippen molar-refractivity contribution in [2.24, 2.45) is 0 Å². The van der Waals surface area contributed by atoms with Crippen LogP contribution in [0.2, 0.25) is 0 Å². The molecule has 1 atom stereocenters. The van der Waals surface area contributed by atoms with Gasteiger partial charge in [-0.2, -0.15) is 4.98 Å². The van der Waals surface area contributed by atoms with Crippen molar-refractivity contribution < 1.29 is 9.26 Å². The number of hydrogen-bond acceptors (Lipinski definition) is 6. The lowest BCUT2D eigenvalue weighted by Crippen LogP contribution is -2.39. The number of nitrogens with zero attached hydrogens (tertiary/aromatic N) is 3. The monoisotopic (exact) mass is 282 g/mol. The van der Waals surface area contributed by atoms with Gasteiger partial charge in [0.05, 0.1) is 19.1 Å². The number of hydrogen-bond donors (Lipinski definition) is 1. The summed E-state index contributed by atoms with van der Waals surface area (Å²) in [7, 11) is 0. The van der Waals surface area contributed by atoms with Gasteiger partial charge in [0.25, 0.3) is 0 Å². The van der Waals surface area contributed by atoms with Gasteiger partial charge < -0.3 is 14.6 Å². The maximum absolute atomic E-state index is 5.59. The molecule has 1 N–H and O–H groups in total. The molecule has 19 heavy (non-hydrogen) atoms. The summed E-state index contributed by atoms with van der Waals surface area (Å²) in [6, 6.07) is 3.75. The lowest BCUT2D eigenvalue weighted by molar-refractivity contribution is 0.0246. The van der Waals surface area contributed by atoms with Crippen LogP contribution in [0.4, 0.5) is 0 Å². The number of aromatic nitrogens is 3. The van der Waals surface area contributed by atoms with E-state index < -0.39 is 0 Å². The van der Waals surface area contributed by atoms with Gasteiger partial charge in [-0.15, -0.1) is 12.4 Å². The van der Waals surface area contributed by atoms with Crippen molar-refractivity contribution in [3.63, 3.8) is 0 Å². The van der Waals surface area contributed by atoms with E-state index >= 15 is 0 Å². The van der Waals surface area contributed by atoms with Crippen LogP contribution in [0, 0.1) is 0 Å². The summed E-state index contributed by atoms with van der Waals surface area (Å²) >= 11 is 0. The van der Waals surface area contributed by atoms with Gasteiger partial charge in [0.15, 0.2) is 0 Å². The van der Waals surface area contributed by atoms with Crippen LogP contribution in [0.5, 0.6) is 0 Å². The van der Waals surface area contributed by atoms with Crippen molar-refractivity contribution >= 4 is 12.4 Å². The number of pyridine rings is 1. The van der Waals surface area contributed by atoms with E-state index in [0.29, 0.717) is 18.1 Å². The molecule has 0 bridgehead atoms. The van der Waals surface area contributed by atoms with Crippen LogP contribution >= 0.6 is 12.4 Å². The standard InChI is InChI=1S/C12H14N4O2.ClH/c1-2-9(7-13-3-1)12-15-11(18-16-12)6-10-8-14-4-5-17-10;/h1-3,7,10,14H,4-6,8H2;1H. The smallest absolute Gasteiger partial charge is 0.229 e. The van der Waals surface area contributed by atoms with Gasteiger partial charge in [-0.1, -0.05) is 5.16 Å². The SMILES string of the molecule is Cl.c1cncc(-c2noc(CC3CNCCO3)n2)c1. The maximum Gasteiger partial charge on any atom is 0.229 e. The molecule has 0 aromatic carbocycles. The number of morpholine rings is 1. The average Bonchev–Trinajstić information content (AvgIpc) is 2.89. The first kappa shape index (κ1) is 13.9. The van der Waals surface area contributed by atoms with Crippen LogP contribution in [0.3, 0.4) is 0 Å². The number of nitrogens with one attached hydrogen (secondary N) is 1. The van der Waals surface area contributed by atoms with Crippen LogP contribution in [-0.2, 0) is 11.2 Å². The highest BCUT2D eigenvalue weighted by Gasteiger charge is 2.18. The summed E-state index contributed by atoms with van der Waals surface area (Å²) in [4.78, 5) is 8.38. The van der Waals surface area contributed by atoms with E-state index in [1.165, 1.54) is 0 Å². The normalized spacial score (nSPS) is 18.8. The molecule has 1 aliphatic heterocycles. The first-order valence-corrected chi connectivity index (χ1v) is 5.97. The second kappa shape index (κ2) is 6.60. The quantitative estimate of drug-likeness (QED) is 0.908. The molecule has 1 saturated heterocycles. The van der Waals surface area contributed by atoms with Crippen LogP contribution in [-0.4, -0.2) is 40.9 Å². The Bertz CT molecular complexity index is 499. The maximum atomic E-state index is 5.59. The first-order chi connectivity index (χ1) is 8.92. The molecular formula is C12H15ClN4O2. The average molecular weight is 283 g/mol. The Morgan fingerprint density at radius 1 is 1.42 bits per heavy atom. The van der Waals surface area contributed by atoms with Gasteiger partial charge in [-0.3, -0.25) is 4.98 Å². The van der Waals surface area contributed by atoms with Gasteiger partial charge in [0.1, 0.15) is 0 Å². The Labute approximate surface area is 117 Å². The van der Waals surface area contributed by atoms with Crippen LogP contribution in [0.1, 0.15) is 5.89 Å². The molecule has 3 heterocycles. The Kier molecular flexibility index (Phi) is 4.84. The van der Waals surface area contributed by atoms with E-state index in [1.54, 1.807) is 12.4 Å². The lowest BCUT2D eigenvalue weighted by atomic mass is 10.2. The minimum Gasteiger partial charge on any atom is -0.375 e. The van der Waals surface area contributed by atoms with Gasteiger partial charge in [0.2, 0.25) is 11.7 Å². The van der Waals surface area contributed by atoms with Crippen molar-refractivity contribution in [3.8, 4) is 11.4 Å². The topological polar surface area (TPSA) is 73.1 Å². The lowest BCUT2D eigenvalue weighted by Gasteiger charge is -2.21. The van der Waals surface area contributed by atoms with Crippen LogP contribution in [0.15, 0.2) is 29.0 Å². The van der Waals surface area contributed by atoms with E-state index in [9.17, 15) is 0 Å². The first-order valence-electron chi connectivity index (χ1n) is 5.97. The third-order valence-corrected chi connectivity index (χ3v) is 2.79. The fourth-order valence-electron chi connectivity index (χ4n) is 1.90. The molecule has 2 aromatic heterocycles. The molecular weight excluding hydrogens is 268 g/mol. The molecule has 2 aromatic rings. The Morgan fingerprint density at radius 2 is 2.37 bits per heavy atom. The second-order valence-corrected chi connectivity index (χ2v) is 4.15. The third-order valence-electron chi connectivity index (χ3n) is 2.79. The predicted molar refractivity (Wildman–Crippen MR) is 71.1 cm³/mol. The van der Waals surface area contributed by atoms with Crippen LogP contribution < -0.4 is 5.32 Å². The summed E-state index contributed by atoms with van der Waals surface area (Å²) in [5.74, 6) is 1.17. The molecule has 1 unspecified atom stereocenters. The number of halogens is 1. The van der Waals surface area contributed by atoms with Gasteiger partial charge in [-0.25, -0.2) is 0 Å². The second-order valence-electron chi connectivity index (χ2n) is 4.15. The Balaban J connectivity index is 0.00000133. The van der Waals surface area contributed by atoms with E-state index in [1.807, 2.05) is 12.1 Å². The summed E-state index contributed by atoms with van der Waals surface area (Å²) < 4.78 is 10.8. The number of ether oxygens (including phenoxy) is 1. The van der Waals surface area contributed by atoms with E-state index in [0.717, 1.165) is 25.3 Å². The zero-order valence-electron chi connectivity index (χ0n) is 10.3. The van der Waals surface area contributed by atoms with Gasteiger partial charge in [0, 0.05) is 31.0 Å². The fourth-order valence-corrected chi connectivity index (χ4v) is 1.90.